The molecular formula is C13H14BrN3OS2. The topological polar surface area (TPSA) is 54.9 Å². The van der Waals surface area contributed by atoms with Gasteiger partial charge in [-0.2, -0.15) is 0 Å². The third kappa shape index (κ3) is 5.22. The standard InChI is InChI=1S/C13H14BrN3OS2/c1-9(18)4-3-7-19-13-17-16-12(20-13)15-11-6-2-5-10(14)8-11/h2,5-6,8H,3-4,7H2,1H3,(H,15,16). The summed E-state index contributed by atoms with van der Waals surface area (Å²) in [4.78, 5) is 10.8. The molecule has 0 radical (unpaired) electrons. The number of carbonyl (C=O) groups is 1. The number of nitrogens with one attached hydrogen (secondary N) is 1. The second kappa shape index (κ2) is 7.75. The molecule has 0 atom stereocenters. The van der Waals surface area contributed by atoms with Crippen LogP contribution in [0.1, 0.15) is 19.8 Å². The van der Waals surface area contributed by atoms with E-state index in [9.17, 15) is 4.79 Å². The van der Waals surface area contributed by atoms with Gasteiger partial charge in [0.15, 0.2) is 4.34 Å². The number of ketones is 1. The first-order valence-electron chi connectivity index (χ1n) is 6.12. The summed E-state index contributed by atoms with van der Waals surface area (Å²) in [5, 5.41) is 12.2. The Hall–Kier alpha value is -0.920. The second-order valence-electron chi connectivity index (χ2n) is 4.16. The van der Waals surface area contributed by atoms with Crippen molar-refractivity contribution < 1.29 is 4.79 Å². The number of carbonyl (C=O) groups excluding carboxylic acids is 1. The monoisotopic (exact) mass is 371 g/mol. The molecule has 1 heterocycles. The summed E-state index contributed by atoms with van der Waals surface area (Å²) >= 11 is 6.59. The molecule has 0 unspecified atom stereocenters. The summed E-state index contributed by atoms with van der Waals surface area (Å²) in [6.45, 7) is 1.62. The van der Waals surface area contributed by atoms with Crippen LogP contribution in [0.2, 0.25) is 0 Å². The second-order valence-corrected chi connectivity index (χ2v) is 7.40. The van der Waals surface area contributed by atoms with Crippen molar-refractivity contribution in [3.8, 4) is 0 Å². The highest BCUT2D eigenvalue weighted by atomic mass is 79.9. The molecule has 2 rings (SSSR count). The molecule has 4 nitrogen and oxygen atoms in total. The van der Waals surface area contributed by atoms with Gasteiger partial charge < -0.3 is 10.1 Å². The van der Waals surface area contributed by atoms with Crippen LogP contribution in [0.15, 0.2) is 33.1 Å². The molecule has 1 aromatic carbocycles. The molecule has 106 valence electrons. The lowest BCUT2D eigenvalue weighted by Crippen LogP contribution is -1.90. The highest BCUT2D eigenvalue weighted by Gasteiger charge is 2.05. The Bertz CT molecular complexity index is 589. The fraction of sp³-hybridized carbons (Fsp3) is 0.308. The average molecular weight is 372 g/mol. The Morgan fingerprint density at radius 1 is 1.45 bits per heavy atom. The Labute approximate surface area is 134 Å². The van der Waals surface area contributed by atoms with E-state index < -0.39 is 0 Å². The fourth-order valence-electron chi connectivity index (χ4n) is 1.49. The van der Waals surface area contributed by atoms with E-state index in [4.69, 9.17) is 0 Å². The molecule has 0 spiro atoms. The zero-order chi connectivity index (χ0) is 14.4. The maximum atomic E-state index is 10.8. The van der Waals surface area contributed by atoms with Crippen molar-refractivity contribution in [1.82, 2.24) is 10.2 Å². The normalized spacial score (nSPS) is 10.5. The third-order valence-corrected chi connectivity index (χ3v) is 4.93. The molecular weight excluding hydrogens is 358 g/mol. The van der Waals surface area contributed by atoms with Crippen LogP contribution in [0.5, 0.6) is 0 Å². The van der Waals surface area contributed by atoms with Gasteiger partial charge in [-0.25, -0.2) is 0 Å². The zero-order valence-corrected chi connectivity index (χ0v) is 14.1. The summed E-state index contributed by atoms with van der Waals surface area (Å²) in [5.74, 6) is 1.13. The van der Waals surface area contributed by atoms with Gasteiger partial charge in [0, 0.05) is 22.3 Å². The number of halogens is 1. The Morgan fingerprint density at radius 2 is 2.30 bits per heavy atom. The van der Waals surface area contributed by atoms with Gasteiger partial charge in [0.2, 0.25) is 5.13 Å². The van der Waals surface area contributed by atoms with Gasteiger partial charge in [0.1, 0.15) is 5.78 Å². The lowest BCUT2D eigenvalue weighted by atomic mass is 10.3. The lowest BCUT2D eigenvalue weighted by Gasteiger charge is -2.01. The van der Waals surface area contributed by atoms with E-state index in [1.54, 1.807) is 18.7 Å². The van der Waals surface area contributed by atoms with Crippen LogP contribution < -0.4 is 5.32 Å². The SMILES string of the molecule is CC(=O)CCCSc1nnc(Nc2cccc(Br)c2)s1. The molecule has 1 N–H and O–H groups in total. The number of nitrogens with zero attached hydrogens (tertiary/aromatic N) is 2. The summed E-state index contributed by atoms with van der Waals surface area (Å²) in [5.41, 5.74) is 0.976. The molecule has 0 saturated carbocycles. The van der Waals surface area contributed by atoms with E-state index in [1.165, 1.54) is 11.3 Å². The number of thioether (sulfide) groups is 1. The highest BCUT2D eigenvalue weighted by molar-refractivity contribution is 9.10. The largest absolute Gasteiger partial charge is 0.330 e. The summed E-state index contributed by atoms with van der Waals surface area (Å²) in [6, 6.07) is 7.90. The summed E-state index contributed by atoms with van der Waals surface area (Å²) in [6.07, 6.45) is 1.52. The first-order chi connectivity index (χ1) is 9.63. The molecule has 0 aliphatic carbocycles. The molecule has 2 aromatic rings. The van der Waals surface area contributed by atoms with Crippen LogP contribution >= 0.6 is 39.0 Å². The van der Waals surface area contributed by atoms with E-state index in [-0.39, 0.29) is 5.78 Å². The van der Waals surface area contributed by atoms with Gasteiger partial charge in [0.05, 0.1) is 0 Å². The van der Waals surface area contributed by atoms with Gasteiger partial charge >= 0.3 is 0 Å². The molecule has 0 amide bonds. The van der Waals surface area contributed by atoms with E-state index in [0.29, 0.717) is 6.42 Å². The maximum Gasteiger partial charge on any atom is 0.210 e. The predicted octanol–water partition coefficient (Wildman–Crippen LogP) is 4.51. The van der Waals surface area contributed by atoms with E-state index in [1.807, 2.05) is 24.3 Å². The quantitative estimate of drug-likeness (QED) is 0.573. The van der Waals surface area contributed by atoms with E-state index in [2.05, 4.69) is 31.4 Å². The third-order valence-electron chi connectivity index (χ3n) is 2.38. The van der Waals surface area contributed by atoms with Gasteiger partial charge in [0.25, 0.3) is 0 Å². The van der Waals surface area contributed by atoms with Gasteiger partial charge in [-0.15, -0.1) is 10.2 Å². The minimum atomic E-state index is 0.236. The Morgan fingerprint density at radius 3 is 3.05 bits per heavy atom. The van der Waals surface area contributed by atoms with Crippen LogP contribution in [0, 0.1) is 0 Å². The number of anilines is 2. The number of benzene rings is 1. The fourth-order valence-corrected chi connectivity index (χ4v) is 3.67. The molecule has 0 aliphatic rings. The van der Waals surface area contributed by atoms with Gasteiger partial charge in [-0.1, -0.05) is 45.1 Å². The van der Waals surface area contributed by atoms with E-state index in [0.717, 1.165) is 31.8 Å². The van der Waals surface area contributed by atoms with Crippen molar-refractivity contribution in [1.29, 1.82) is 0 Å². The first-order valence-corrected chi connectivity index (χ1v) is 8.71. The molecule has 0 aliphatic heterocycles. The van der Waals surface area contributed by atoms with Crippen LogP contribution in [0.25, 0.3) is 0 Å². The van der Waals surface area contributed by atoms with Crippen molar-refractivity contribution in [2.24, 2.45) is 0 Å². The lowest BCUT2D eigenvalue weighted by molar-refractivity contribution is -0.117. The van der Waals surface area contributed by atoms with Crippen molar-refractivity contribution >= 4 is 55.6 Å². The molecule has 0 saturated heterocycles. The van der Waals surface area contributed by atoms with Crippen molar-refractivity contribution in [2.75, 3.05) is 11.1 Å². The molecule has 0 fully saturated rings. The number of Topliss-reactive ketones (excluding diaryl/α,β-unsaturated/α-hetero) is 1. The number of hydrogen-bond donors (Lipinski definition) is 1. The Balaban J connectivity index is 1.84. The number of rotatable bonds is 7. The number of hydrogen-bond acceptors (Lipinski definition) is 6. The van der Waals surface area contributed by atoms with Crippen molar-refractivity contribution in [3.63, 3.8) is 0 Å². The summed E-state index contributed by atoms with van der Waals surface area (Å²) in [7, 11) is 0. The minimum Gasteiger partial charge on any atom is -0.330 e. The van der Waals surface area contributed by atoms with E-state index >= 15 is 0 Å². The van der Waals surface area contributed by atoms with Crippen LogP contribution in [0.3, 0.4) is 0 Å². The van der Waals surface area contributed by atoms with Crippen molar-refractivity contribution in [2.45, 2.75) is 24.1 Å². The average Bonchev–Trinajstić information content (AvgIpc) is 2.82. The number of aromatic nitrogens is 2. The molecule has 20 heavy (non-hydrogen) atoms. The molecule has 0 bridgehead atoms. The van der Waals surface area contributed by atoms with Crippen molar-refractivity contribution in [3.05, 3.63) is 28.7 Å². The Kier molecular flexibility index (Phi) is 6.00. The minimum absolute atomic E-state index is 0.236. The molecule has 7 heteroatoms. The highest BCUT2D eigenvalue weighted by Crippen LogP contribution is 2.28. The maximum absolute atomic E-state index is 10.8. The van der Waals surface area contributed by atoms with Gasteiger partial charge in [-0.3, -0.25) is 0 Å². The molecule has 1 aromatic heterocycles. The smallest absolute Gasteiger partial charge is 0.210 e. The van der Waals surface area contributed by atoms with Crippen LogP contribution in [-0.4, -0.2) is 21.7 Å². The predicted molar refractivity (Wildman–Crippen MR) is 88.0 cm³/mol. The van der Waals surface area contributed by atoms with Gasteiger partial charge in [-0.05, 0) is 31.5 Å². The first kappa shape index (κ1) is 15.5. The van der Waals surface area contributed by atoms with Crippen LogP contribution in [-0.2, 0) is 4.79 Å². The summed E-state index contributed by atoms with van der Waals surface area (Å²) < 4.78 is 1.94. The zero-order valence-electron chi connectivity index (χ0n) is 10.9. The van der Waals surface area contributed by atoms with Crippen LogP contribution in [0.4, 0.5) is 10.8 Å².